The summed E-state index contributed by atoms with van der Waals surface area (Å²) in [5.74, 6) is -0.603. The van der Waals surface area contributed by atoms with Crippen LogP contribution in [-0.4, -0.2) is 18.4 Å². The van der Waals surface area contributed by atoms with Gasteiger partial charge < -0.3 is 10.6 Å². The van der Waals surface area contributed by atoms with Crippen LogP contribution in [0.25, 0.3) is 6.08 Å². The molecule has 0 unspecified atom stereocenters. The van der Waals surface area contributed by atoms with Crippen LogP contribution < -0.4 is 10.6 Å². The maximum Gasteiger partial charge on any atom is 0.267 e. The van der Waals surface area contributed by atoms with Gasteiger partial charge in [0.05, 0.1) is 0 Å². The van der Waals surface area contributed by atoms with Gasteiger partial charge in [0, 0.05) is 22.0 Å². The summed E-state index contributed by atoms with van der Waals surface area (Å²) >= 11 is 7.41. The topological polar surface area (TPSA) is 58.2 Å². The van der Waals surface area contributed by atoms with Gasteiger partial charge in [0.15, 0.2) is 0 Å². The first-order chi connectivity index (χ1) is 14.5. The molecule has 4 nitrogen and oxygen atoms in total. The number of carbonyl (C=O) groups is 2. The van der Waals surface area contributed by atoms with E-state index >= 15 is 0 Å². The lowest BCUT2D eigenvalue weighted by molar-refractivity contribution is -0.117. The van der Waals surface area contributed by atoms with E-state index in [1.54, 1.807) is 18.2 Å². The molecule has 1 heterocycles. The molecule has 0 aliphatic heterocycles. The van der Waals surface area contributed by atoms with Crippen LogP contribution in [0, 0.1) is 6.92 Å². The van der Waals surface area contributed by atoms with Crippen LogP contribution in [0.5, 0.6) is 0 Å². The lowest BCUT2D eigenvalue weighted by Crippen LogP contribution is -2.35. The predicted octanol–water partition coefficient (Wildman–Crippen LogP) is 5.23. The first-order valence-electron chi connectivity index (χ1n) is 9.68. The van der Waals surface area contributed by atoms with Crippen LogP contribution in [-0.2, 0) is 11.2 Å². The van der Waals surface area contributed by atoms with Gasteiger partial charge in [-0.3, -0.25) is 9.59 Å². The van der Waals surface area contributed by atoms with Crippen LogP contribution >= 0.6 is 22.9 Å². The third-order valence-corrected chi connectivity index (χ3v) is 5.62. The normalized spacial score (nSPS) is 11.2. The Morgan fingerprint density at radius 3 is 2.50 bits per heavy atom. The van der Waals surface area contributed by atoms with Gasteiger partial charge in [0.2, 0.25) is 0 Å². The summed E-state index contributed by atoms with van der Waals surface area (Å²) in [6.07, 6.45) is 3.32. The average molecular weight is 439 g/mol. The van der Waals surface area contributed by atoms with E-state index in [0.717, 1.165) is 28.8 Å². The van der Waals surface area contributed by atoms with Gasteiger partial charge in [-0.1, -0.05) is 48.0 Å². The molecule has 0 radical (unpaired) electrons. The molecule has 0 saturated heterocycles. The van der Waals surface area contributed by atoms with Crippen molar-refractivity contribution >= 4 is 40.8 Å². The molecular formula is C24H23ClN2O2S. The van der Waals surface area contributed by atoms with Crippen molar-refractivity contribution in [2.75, 3.05) is 6.54 Å². The molecule has 2 N–H and O–H groups in total. The Hall–Kier alpha value is -2.89. The largest absolute Gasteiger partial charge is 0.351 e. The van der Waals surface area contributed by atoms with Crippen molar-refractivity contribution in [3.8, 4) is 0 Å². The molecule has 2 aromatic carbocycles. The second-order valence-corrected chi connectivity index (χ2v) is 8.24. The second kappa shape index (κ2) is 10.8. The monoisotopic (exact) mass is 438 g/mol. The highest BCUT2D eigenvalue weighted by atomic mass is 35.5. The molecule has 6 heteroatoms. The highest BCUT2D eigenvalue weighted by Crippen LogP contribution is 2.14. The van der Waals surface area contributed by atoms with Crippen molar-refractivity contribution in [1.82, 2.24) is 10.6 Å². The maximum atomic E-state index is 12.8. The van der Waals surface area contributed by atoms with Gasteiger partial charge in [0.25, 0.3) is 11.8 Å². The van der Waals surface area contributed by atoms with Crippen molar-refractivity contribution in [2.45, 2.75) is 19.8 Å². The number of carbonyl (C=O) groups excluding carboxylic acids is 2. The lowest BCUT2D eigenvalue weighted by atomic mass is 10.1. The third-order valence-electron chi connectivity index (χ3n) is 4.55. The van der Waals surface area contributed by atoms with Crippen LogP contribution in [0.1, 0.15) is 32.8 Å². The van der Waals surface area contributed by atoms with Gasteiger partial charge >= 0.3 is 0 Å². The maximum absolute atomic E-state index is 12.8. The zero-order valence-corrected chi connectivity index (χ0v) is 18.2. The number of aryl methyl sites for hydroxylation is 2. The number of rotatable bonds is 8. The fourth-order valence-electron chi connectivity index (χ4n) is 2.93. The van der Waals surface area contributed by atoms with E-state index in [1.807, 2.05) is 60.8 Å². The van der Waals surface area contributed by atoms with Crippen molar-refractivity contribution in [1.29, 1.82) is 0 Å². The molecule has 1 aromatic heterocycles. The van der Waals surface area contributed by atoms with Gasteiger partial charge in [0.1, 0.15) is 5.70 Å². The highest BCUT2D eigenvalue weighted by molar-refractivity contribution is 7.10. The van der Waals surface area contributed by atoms with Crippen LogP contribution in [0.2, 0.25) is 5.02 Å². The molecule has 154 valence electrons. The Labute approximate surface area is 185 Å². The van der Waals surface area contributed by atoms with E-state index in [4.69, 9.17) is 11.6 Å². The minimum atomic E-state index is -0.304. The number of hydrogen-bond acceptors (Lipinski definition) is 3. The number of halogens is 1. The highest BCUT2D eigenvalue weighted by Gasteiger charge is 2.15. The summed E-state index contributed by atoms with van der Waals surface area (Å²) in [7, 11) is 0. The first-order valence-corrected chi connectivity index (χ1v) is 10.9. The van der Waals surface area contributed by atoms with Crippen molar-refractivity contribution in [3.63, 3.8) is 0 Å². The summed E-state index contributed by atoms with van der Waals surface area (Å²) < 4.78 is 0. The predicted molar refractivity (Wildman–Crippen MR) is 124 cm³/mol. The lowest BCUT2D eigenvalue weighted by Gasteiger charge is -2.12. The molecular weight excluding hydrogens is 416 g/mol. The molecule has 3 rings (SSSR count). The molecule has 2 amide bonds. The van der Waals surface area contributed by atoms with E-state index in [-0.39, 0.29) is 17.5 Å². The summed E-state index contributed by atoms with van der Waals surface area (Å²) in [5.41, 5.74) is 2.80. The van der Waals surface area contributed by atoms with E-state index in [2.05, 4.69) is 10.6 Å². The summed E-state index contributed by atoms with van der Waals surface area (Å²) in [6.45, 7) is 2.37. The molecule has 0 aliphatic carbocycles. The quantitative estimate of drug-likeness (QED) is 0.373. The second-order valence-electron chi connectivity index (χ2n) is 6.83. The molecule has 3 aromatic rings. The van der Waals surface area contributed by atoms with Crippen LogP contribution in [0.3, 0.4) is 0 Å². The fraction of sp³-hybridized carbons (Fsp3) is 0.167. The van der Waals surface area contributed by atoms with Crippen molar-refractivity contribution in [2.24, 2.45) is 0 Å². The standard InChI is InChI=1S/C24H23ClN2O2S/c1-17-6-2-3-9-21(17)23(28)27-22(16-20-8-5-15-30-20)24(29)26-14-4-7-18-10-12-19(25)13-11-18/h2-3,5-6,8-13,15-16H,4,7,14H2,1H3,(H,26,29)(H,27,28)/b22-16-. The average Bonchev–Trinajstić information content (AvgIpc) is 3.25. The zero-order valence-electron chi connectivity index (χ0n) is 16.7. The molecule has 0 saturated carbocycles. The third kappa shape index (κ3) is 6.31. The van der Waals surface area contributed by atoms with Crippen LogP contribution in [0.15, 0.2) is 71.7 Å². The van der Waals surface area contributed by atoms with Gasteiger partial charge in [-0.15, -0.1) is 11.3 Å². The van der Waals surface area contributed by atoms with E-state index in [1.165, 1.54) is 11.3 Å². The molecule has 0 bridgehead atoms. The molecule has 0 atom stereocenters. The van der Waals surface area contributed by atoms with E-state index < -0.39 is 0 Å². The first kappa shape index (κ1) is 21.8. The smallest absolute Gasteiger partial charge is 0.267 e. The van der Waals surface area contributed by atoms with Crippen molar-refractivity contribution < 1.29 is 9.59 Å². The number of thiophene rings is 1. The minimum absolute atomic E-state index is 0.234. The van der Waals surface area contributed by atoms with Crippen molar-refractivity contribution in [3.05, 3.63) is 98.3 Å². The number of amides is 2. The summed E-state index contributed by atoms with van der Waals surface area (Å²) in [5, 5.41) is 8.32. The van der Waals surface area contributed by atoms with Gasteiger partial charge in [-0.2, -0.15) is 0 Å². The Bertz CT molecular complexity index is 1030. The number of hydrogen-bond donors (Lipinski definition) is 2. The summed E-state index contributed by atoms with van der Waals surface area (Å²) in [6, 6.07) is 18.8. The van der Waals surface area contributed by atoms with E-state index in [9.17, 15) is 9.59 Å². The Morgan fingerprint density at radius 1 is 1.03 bits per heavy atom. The minimum Gasteiger partial charge on any atom is -0.351 e. The number of benzene rings is 2. The fourth-order valence-corrected chi connectivity index (χ4v) is 3.72. The molecule has 30 heavy (non-hydrogen) atoms. The molecule has 0 fully saturated rings. The van der Waals surface area contributed by atoms with Crippen LogP contribution in [0.4, 0.5) is 0 Å². The Morgan fingerprint density at radius 2 is 1.80 bits per heavy atom. The molecule has 0 spiro atoms. The van der Waals surface area contributed by atoms with E-state index in [0.29, 0.717) is 17.1 Å². The Kier molecular flexibility index (Phi) is 7.82. The van der Waals surface area contributed by atoms with Gasteiger partial charge in [-0.05, 0) is 66.6 Å². The molecule has 0 aliphatic rings. The SMILES string of the molecule is Cc1ccccc1C(=O)N/C(=C\c1cccs1)C(=O)NCCCc1ccc(Cl)cc1. The zero-order chi connectivity index (χ0) is 21.3. The number of nitrogens with one attached hydrogen (secondary N) is 2. The van der Waals surface area contributed by atoms with Gasteiger partial charge in [-0.25, -0.2) is 0 Å². The summed E-state index contributed by atoms with van der Waals surface area (Å²) in [4.78, 5) is 26.4. The Balaban J connectivity index is 1.63.